The number of aromatic nitrogens is 1. The van der Waals surface area contributed by atoms with Gasteiger partial charge in [0, 0.05) is 20.8 Å². The molecule has 20 heavy (non-hydrogen) atoms. The van der Waals surface area contributed by atoms with Crippen molar-refractivity contribution in [3.63, 3.8) is 0 Å². The van der Waals surface area contributed by atoms with Crippen molar-refractivity contribution in [2.45, 2.75) is 39.5 Å². The Kier molecular flexibility index (Phi) is 3.37. The topological polar surface area (TPSA) is 15.8 Å². The lowest BCUT2D eigenvalue weighted by molar-refractivity contribution is 0.867. The fourth-order valence-electron chi connectivity index (χ4n) is 2.69. The lowest BCUT2D eigenvalue weighted by Gasteiger charge is -2.07. The molecule has 1 nitrogen and oxygen atoms in total. The number of benzene rings is 2. The minimum absolute atomic E-state index is 0.536. The first-order chi connectivity index (χ1) is 9.47. The monoisotopic (exact) mass is 329 g/mol. The fraction of sp³-hybridized carbons (Fsp3) is 0.333. The molecular weight excluding hydrogens is 310 g/mol. The average molecular weight is 330 g/mol. The van der Waals surface area contributed by atoms with E-state index in [4.69, 9.17) is 0 Å². The zero-order chi connectivity index (χ0) is 14.4. The van der Waals surface area contributed by atoms with Crippen LogP contribution in [0.4, 0.5) is 0 Å². The van der Waals surface area contributed by atoms with Gasteiger partial charge in [-0.05, 0) is 63.2 Å². The molecule has 0 aliphatic rings. The van der Waals surface area contributed by atoms with E-state index >= 15 is 0 Å². The van der Waals surface area contributed by atoms with Crippen LogP contribution in [0.3, 0.4) is 0 Å². The first-order valence-corrected chi connectivity index (χ1v) is 8.01. The molecule has 0 aliphatic carbocycles. The normalized spacial score (nSPS) is 12.2. The van der Waals surface area contributed by atoms with E-state index in [0.717, 1.165) is 4.47 Å². The number of nitrogens with one attached hydrogen (secondary N) is 1. The minimum Gasteiger partial charge on any atom is -0.354 e. The van der Waals surface area contributed by atoms with E-state index in [1.54, 1.807) is 0 Å². The first-order valence-electron chi connectivity index (χ1n) is 7.22. The largest absolute Gasteiger partial charge is 0.354 e. The van der Waals surface area contributed by atoms with Gasteiger partial charge < -0.3 is 4.98 Å². The summed E-state index contributed by atoms with van der Waals surface area (Å²) in [6, 6.07) is 11.3. The van der Waals surface area contributed by atoms with Crippen LogP contribution < -0.4 is 0 Å². The van der Waals surface area contributed by atoms with Crippen molar-refractivity contribution >= 4 is 37.7 Å². The standard InChI is InChI=1S/C18H20BrN/c1-10(2)12-5-6-17-14(7-12)15-8-13(11(3)4)9-16(19)18(15)20-17/h5-11,20H,1-4H3. The third-order valence-electron chi connectivity index (χ3n) is 4.04. The molecule has 3 aromatic rings. The van der Waals surface area contributed by atoms with Crippen LogP contribution in [0.1, 0.15) is 50.7 Å². The molecule has 0 aliphatic heterocycles. The van der Waals surface area contributed by atoms with E-state index < -0.39 is 0 Å². The van der Waals surface area contributed by atoms with Gasteiger partial charge in [0.15, 0.2) is 0 Å². The quantitative estimate of drug-likeness (QED) is 0.565. The maximum Gasteiger partial charge on any atom is 0.0609 e. The summed E-state index contributed by atoms with van der Waals surface area (Å²) in [5, 5.41) is 2.65. The second-order valence-electron chi connectivity index (χ2n) is 6.16. The Bertz CT molecular complexity index is 781. The summed E-state index contributed by atoms with van der Waals surface area (Å²) in [5.41, 5.74) is 5.18. The summed E-state index contributed by atoms with van der Waals surface area (Å²) >= 11 is 3.71. The molecule has 0 radical (unpaired) electrons. The predicted octanol–water partition coefficient (Wildman–Crippen LogP) is 6.33. The first kappa shape index (κ1) is 13.7. The molecular formula is C18H20BrN. The van der Waals surface area contributed by atoms with E-state index in [0.29, 0.717) is 11.8 Å². The minimum atomic E-state index is 0.536. The highest BCUT2D eigenvalue weighted by molar-refractivity contribution is 9.10. The maximum atomic E-state index is 3.71. The van der Waals surface area contributed by atoms with Crippen LogP contribution in [0.15, 0.2) is 34.8 Å². The van der Waals surface area contributed by atoms with Crippen molar-refractivity contribution in [1.29, 1.82) is 0 Å². The molecule has 3 rings (SSSR count). The summed E-state index contributed by atoms with van der Waals surface area (Å²) < 4.78 is 1.15. The van der Waals surface area contributed by atoms with Crippen molar-refractivity contribution in [3.05, 3.63) is 45.9 Å². The molecule has 0 atom stereocenters. The Morgan fingerprint density at radius 1 is 0.850 bits per heavy atom. The van der Waals surface area contributed by atoms with Crippen LogP contribution in [-0.2, 0) is 0 Å². The molecule has 0 amide bonds. The van der Waals surface area contributed by atoms with Gasteiger partial charge in [0.05, 0.1) is 5.52 Å². The number of aromatic amines is 1. The Balaban J connectivity index is 2.37. The Morgan fingerprint density at radius 3 is 2.15 bits per heavy atom. The van der Waals surface area contributed by atoms with Crippen molar-refractivity contribution < 1.29 is 0 Å². The molecule has 0 bridgehead atoms. The number of halogens is 1. The second kappa shape index (κ2) is 4.92. The van der Waals surface area contributed by atoms with Crippen molar-refractivity contribution in [2.24, 2.45) is 0 Å². The van der Waals surface area contributed by atoms with Gasteiger partial charge in [-0.1, -0.05) is 33.8 Å². The number of hydrogen-bond donors (Lipinski definition) is 1. The van der Waals surface area contributed by atoms with Crippen molar-refractivity contribution in [1.82, 2.24) is 4.98 Å². The molecule has 2 aromatic carbocycles. The molecule has 104 valence electrons. The van der Waals surface area contributed by atoms with E-state index in [1.165, 1.54) is 32.9 Å². The fourth-order valence-corrected chi connectivity index (χ4v) is 3.26. The maximum absolute atomic E-state index is 3.71. The van der Waals surface area contributed by atoms with Crippen molar-refractivity contribution in [3.8, 4) is 0 Å². The van der Waals surface area contributed by atoms with Crippen LogP contribution >= 0.6 is 15.9 Å². The van der Waals surface area contributed by atoms with Gasteiger partial charge in [-0.3, -0.25) is 0 Å². The van der Waals surface area contributed by atoms with Gasteiger partial charge in [-0.15, -0.1) is 0 Å². The lowest BCUT2D eigenvalue weighted by Crippen LogP contribution is -1.87. The summed E-state index contributed by atoms with van der Waals surface area (Å²) in [4.78, 5) is 3.53. The Morgan fingerprint density at radius 2 is 1.50 bits per heavy atom. The number of H-pyrrole nitrogens is 1. The molecule has 2 heteroatoms. The van der Waals surface area contributed by atoms with E-state index in [-0.39, 0.29) is 0 Å². The zero-order valence-corrected chi connectivity index (χ0v) is 14.0. The van der Waals surface area contributed by atoms with Gasteiger partial charge in [0.2, 0.25) is 0 Å². The highest BCUT2D eigenvalue weighted by Gasteiger charge is 2.11. The molecule has 0 saturated carbocycles. The molecule has 0 unspecified atom stereocenters. The van der Waals surface area contributed by atoms with E-state index in [9.17, 15) is 0 Å². The zero-order valence-electron chi connectivity index (χ0n) is 12.4. The smallest absolute Gasteiger partial charge is 0.0609 e. The molecule has 0 fully saturated rings. The molecule has 1 N–H and O–H groups in total. The summed E-state index contributed by atoms with van der Waals surface area (Å²) in [6.07, 6.45) is 0. The predicted molar refractivity (Wildman–Crippen MR) is 91.7 cm³/mol. The van der Waals surface area contributed by atoms with Crippen molar-refractivity contribution in [2.75, 3.05) is 0 Å². The van der Waals surface area contributed by atoms with Crippen LogP contribution in [0.5, 0.6) is 0 Å². The average Bonchev–Trinajstić information content (AvgIpc) is 2.77. The highest BCUT2D eigenvalue weighted by atomic mass is 79.9. The lowest BCUT2D eigenvalue weighted by atomic mass is 9.98. The summed E-state index contributed by atoms with van der Waals surface area (Å²) in [6.45, 7) is 8.96. The molecule has 1 aromatic heterocycles. The number of fused-ring (bicyclic) bond motifs is 3. The number of hydrogen-bond acceptors (Lipinski definition) is 0. The molecule has 1 heterocycles. The Hall–Kier alpha value is -1.28. The van der Waals surface area contributed by atoms with Gasteiger partial charge in [-0.2, -0.15) is 0 Å². The van der Waals surface area contributed by atoms with Crippen LogP contribution in [0.2, 0.25) is 0 Å². The van der Waals surface area contributed by atoms with Gasteiger partial charge in [0.1, 0.15) is 0 Å². The van der Waals surface area contributed by atoms with Crippen LogP contribution in [0, 0.1) is 0 Å². The third-order valence-corrected chi connectivity index (χ3v) is 4.66. The molecule has 0 saturated heterocycles. The number of rotatable bonds is 2. The second-order valence-corrected chi connectivity index (χ2v) is 7.02. The summed E-state index contributed by atoms with van der Waals surface area (Å²) in [5.74, 6) is 1.09. The Labute approximate surface area is 128 Å². The van der Waals surface area contributed by atoms with Gasteiger partial charge in [0.25, 0.3) is 0 Å². The van der Waals surface area contributed by atoms with Crippen LogP contribution in [-0.4, -0.2) is 4.98 Å². The van der Waals surface area contributed by atoms with Crippen LogP contribution in [0.25, 0.3) is 21.8 Å². The summed E-state index contributed by atoms with van der Waals surface area (Å²) in [7, 11) is 0. The third kappa shape index (κ3) is 2.16. The molecule has 0 spiro atoms. The van der Waals surface area contributed by atoms with Gasteiger partial charge >= 0.3 is 0 Å². The SMILES string of the molecule is CC(C)c1ccc2[nH]c3c(Br)cc(C(C)C)cc3c2c1. The van der Waals surface area contributed by atoms with Gasteiger partial charge in [-0.25, -0.2) is 0 Å². The van der Waals surface area contributed by atoms with E-state index in [1.807, 2.05) is 0 Å². The van der Waals surface area contributed by atoms with E-state index in [2.05, 4.69) is 78.9 Å². The highest BCUT2D eigenvalue weighted by Crippen LogP contribution is 2.35.